The lowest BCUT2D eigenvalue weighted by atomic mass is 9.97. The molecule has 86 valence electrons. The normalized spacial score (nSPS) is 19.6. The second-order valence-electron chi connectivity index (χ2n) is 4.12. The van der Waals surface area contributed by atoms with Gasteiger partial charge in [-0.25, -0.2) is 0 Å². The lowest BCUT2D eigenvalue weighted by molar-refractivity contribution is -0.116. The van der Waals surface area contributed by atoms with Crippen LogP contribution >= 0.6 is 0 Å². The van der Waals surface area contributed by atoms with E-state index in [9.17, 15) is 4.79 Å². The van der Waals surface area contributed by atoms with Crippen LogP contribution in [0, 0.1) is 5.92 Å². The van der Waals surface area contributed by atoms with Crippen LogP contribution in [0.5, 0.6) is 0 Å². The maximum atomic E-state index is 11.2. The monoisotopic (exact) mass is 210 g/mol. The van der Waals surface area contributed by atoms with Crippen LogP contribution in [0.3, 0.4) is 0 Å². The molecule has 1 aliphatic heterocycles. The van der Waals surface area contributed by atoms with Crippen LogP contribution in [0.15, 0.2) is 12.2 Å². The van der Waals surface area contributed by atoms with Crippen LogP contribution in [0.4, 0.5) is 0 Å². The number of piperidine rings is 1. The average molecular weight is 210 g/mol. The van der Waals surface area contributed by atoms with Crippen molar-refractivity contribution in [3.05, 3.63) is 12.2 Å². The van der Waals surface area contributed by atoms with E-state index in [1.807, 2.05) is 6.92 Å². The van der Waals surface area contributed by atoms with Crippen LogP contribution < -0.4 is 5.32 Å². The van der Waals surface area contributed by atoms with E-state index in [1.165, 1.54) is 25.9 Å². The summed E-state index contributed by atoms with van der Waals surface area (Å²) in [6.45, 7) is 8.41. The largest absolute Gasteiger partial charge is 0.352 e. The molecular formula is C12H22N2O. The summed E-state index contributed by atoms with van der Waals surface area (Å²) >= 11 is 0. The summed E-state index contributed by atoms with van der Waals surface area (Å²) in [6.07, 6.45) is 5.78. The van der Waals surface area contributed by atoms with Crippen molar-refractivity contribution in [1.82, 2.24) is 10.2 Å². The molecule has 1 amide bonds. The van der Waals surface area contributed by atoms with Gasteiger partial charge in [-0.2, -0.15) is 0 Å². The van der Waals surface area contributed by atoms with Crippen molar-refractivity contribution in [3.8, 4) is 0 Å². The molecule has 1 saturated heterocycles. The van der Waals surface area contributed by atoms with Gasteiger partial charge in [0.25, 0.3) is 0 Å². The molecule has 0 bridgehead atoms. The Morgan fingerprint density at radius 3 is 2.67 bits per heavy atom. The Morgan fingerprint density at radius 1 is 1.47 bits per heavy atom. The Kier molecular flexibility index (Phi) is 5.40. The zero-order valence-corrected chi connectivity index (χ0v) is 9.83. The predicted octanol–water partition coefficient (Wildman–Crippen LogP) is 1.41. The van der Waals surface area contributed by atoms with Gasteiger partial charge in [0.05, 0.1) is 0 Å². The van der Waals surface area contributed by atoms with Crippen molar-refractivity contribution < 1.29 is 4.79 Å². The number of hydrogen-bond donors (Lipinski definition) is 1. The maximum Gasteiger partial charge on any atom is 0.243 e. The first-order chi connectivity index (χ1) is 7.26. The summed E-state index contributed by atoms with van der Waals surface area (Å²) in [6, 6.07) is 0. The van der Waals surface area contributed by atoms with E-state index in [1.54, 1.807) is 12.2 Å². The number of rotatable bonds is 4. The first-order valence-electron chi connectivity index (χ1n) is 5.89. The number of allylic oxidation sites excluding steroid dienone is 1. The quantitative estimate of drug-likeness (QED) is 0.712. The van der Waals surface area contributed by atoms with Crippen molar-refractivity contribution in [3.63, 3.8) is 0 Å². The van der Waals surface area contributed by atoms with Crippen LogP contribution in [0.25, 0.3) is 0 Å². The summed E-state index contributed by atoms with van der Waals surface area (Å²) in [5.41, 5.74) is 0. The van der Waals surface area contributed by atoms with Crippen LogP contribution in [-0.2, 0) is 4.79 Å². The molecule has 0 aromatic heterocycles. The third-order valence-electron chi connectivity index (χ3n) is 3.04. The molecular weight excluding hydrogens is 188 g/mol. The van der Waals surface area contributed by atoms with Gasteiger partial charge in [0.1, 0.15) is 0 Å². The number of amides is 1. The van der Waals surface area contributed by atoms with Gasteiger partial charge < -0.3 is 10.2 Å². The summed E-state index contributed by atoms with van der Waals surface area (Å²) in [5.74, 6) is 0.706. The predicted molar refractivity (Wildman–Crippen MR) is 62.7 cm³/mol. The Hall–Kier alpha value is -0.830. The lowest BCUT2D eigenvalue weighted by Gasteiger charge is -2.30. The van der Waals surface area contributed by atoms with Gasteiger partial charge in [-0.05, 0) is 51.4 Å². The van der Waals surface area contributed by atoms with E-state index >= 15 is 0 Å². The molecule has 15 heavy (non-hydrogen) atoms. The van der Waals surface area contributed by atoms with Gasteiger partial charge >= 0.3 is 0 Å². The molecule has 0 aromatic rings. The molecule has 1 aliphatic rings. The molecule has 3 nitrogen and oxygen atoms in total. The summed E-state index contributed by atoms with van der Waals surface area (Å²) in [7, 11) is 0. The van der Waals surface area contributed by atoms with Crippen LogP contribution in [0.1, 0.15) is 26.7 Å². The van der Waals surface area contributed by atoms with E-state index in [4.69, 9.17) is 0 Å². The van der Waals surface area contributed by atoms with E-state index < -0.39 is 0 Å². The Balaban J connectivity index is 2.16. The second kappa shape index (κ2) is 6.62. The van der Waals surface area contributed by atoms with Gasteiger partial charge in [0, 0.05) is 6.54 Å². The lowest BCUT2D eigenvalue weighted by Crippen LogP contribution is -2.38. The third kappa shape index (κ3) is 4.47. The molecule has 1 rings (SSSR count). The third-order valence-corrected chi connectivity index (χ3v) is 3.04. The fraction of sp³-hybridized carbons (Fsp3) is 0.750. The van der Waals surface area contributed by atoms with Gasteiger partial charge in [0.15, 0.2) is 0 Å². The van der Waals surface area contributed by atoms with Crippen molar-refractivity contribution in [1.29, 1.82) is 0 Å². The van der Waals surface area contributed by atoms with Crippen LogP contribution in [0.2, 0.25) is 0 Å². The fourth-order valence-corrected chi connectivity index (χ4v) is 1.96. The standard InChI is InChI=1S/C12H22N2O/c1-3-5-12(15)13-10-11-6-8-14(4-2)9-7-11/h3,5,11H,4,6-10H2,1-2H3,(H,13,15)/b5-3+. The number of carbonyl (C=O) groups is 1. The van der Waals surface area contributed by atoms with E-state index in [0.717, 1.165) is 13.1 Å². The fourth-order valence-electron chi connectivity index (χ4n) is 1.96. The van der Waals surface area contributed by atoms with Crippen molar-refractivity contribution in [2.24, 2.45) is 5.92 Å². The Labute approximate surface area is 92.5 Å². The highest BCUT2D eigenvalue weighted by molar-refractivity contribution is 5.87. The first kappa shape index (κ1) is 12.2. The number of nitrogens with zero attached hydrogens (tertiary/aromatic N) is 1. The topological polar surface area (TPSA) is 32.3 Å². The minimum Gasteiger partial charge on any atom is -0.352 e. The highest BCUT2D eigenvalue weighted by Gasteiger charge is 2.17. The van der Waals surface area contributed by atoms with Crippen molar-refractivity contribution in [2.75, 3.05) is 26.2 Å². The van der Waals surface area contributed by atoms with Crippen LogP contribution in [-0.4, -0.2) is 37.0 Å². The van der Waals surface area contributed by atoms with Crippen molar-refractivity contribution in [2.45, 2.75) is 26.7 Å². The zero-order valence-electron chi connectivity index (χ0n) is 9.83. The van der Waals surface area contributed by atoms with E-state index in [-0.39, 0.29) is 5.91 Å². The number of likely N-dealkylation sites (tertiary alicyclic amines) is 1. The molecule has 0 radical (unpaired) electrons. The highest BCUT2D eigenvalue weighted by atomic mass is 16.1. The molecule has 1 fully saturated rings. The molecule has 0 aromatic carbocycles. The highest BCUT2D eigenvalue weighted by Crippen LogP contribution is 2.15. The summed E-state index contributed by atoms with van der Waals surface area (Å²) in [4.78, 5) is 13.7. The summed E-state index contributed by atoms with van der Waals surface area (Å²) in [5, 5.41) is 2.94. The van der Waals surface area contributed by atoms with Gasteiger partial charge in [-0.15, -0.1) is 0 Å². The van der Waals surface area contributed by atoms with Gasteiger partial charge in [-0.3, -0.25) is 4.79 Å². The van der Waals surface area contributed by atoms with Gasteiger partial charge in [0.2, 0.25) is 5.91 Å². The zero-order chi connectivity index (χ0) is 11.1. The molecule has 3 heteroatoms. The first-order valence-corrected chi connectivity index (χ1v) is 5.89. The average Bonchev–Trinajstić information content (AvgIpc) is 2.27. The molecule has 1 heterocycles. The number of hydrogen-bond acceptors (Lipinski definition) is 2. The van der Waals surface area contributed by atoms with Crippen molar-refractivity contribution >= 4 is 5.91 Å². The Morgan fingerprint density at radius 2 is 2.13 bits per heavy atom. The molecule has 0 atom stereocenters. The minimum absolute atomic E-state index is 0.0374. The number of nitrogens with one attached hydrogen (secondary N) is 1. The summed E-state index contributed by atoms with van der Waals surface area (Å²) < 4.78 is 0. The van der Waals surface area contributed by atoms with Gasteiger partial charge in [-0.1, -0.05) is 13.0 Å². The second-order valence-corrected chi connectivity index (χ2v) is 4.12. The Bertz CT molecular complexity index is 218. The SMILES string of the molecule is C/C=C/C(=O)NCC1CCN(CC)CC1. The van der Waals surface area contributed by atoms with E-state index in [0.29, 0.717) is 5.92 Å². The molecule has 0 spiro atoms. The molecule has 0 aliphatic carbocycles. The molecule has 0 unspecified atom stereocenters. The minimum atomic E-state index is 0.0374. The molecule has 0 saturated carbocycles. The number of carbonyl (C=O) groups excluding carboxylic acids is 1. The van der Waals surface area contributed by atoms with E-state index in [2.05, 4.69) is 17.1 Å². The smallest absolute Gasteiger partial charge is 0.243 e. The molecule has 1 N–H and O–H groups in total. The maximum absolute atomic E-state index is 11.2.